The molecule has 0 saturated carbocycles. The van der Waals surface area contributed by atoms with Crippen LogP contribution in [0.4, 0.5) is 0 Å². The molecule has 3 rings (SSSR count). The number of halogens is 1. The first-order chi connectivity index (χ1) is 11.9. The largest absolute Gasteiger partial charge is 0.462 e. The van der Waals surface area contributed by atoms with Crippen molar-refractivity contribution in [2.24, 2.45) is 0 Å². The first-order valence-corrected chi connectivity index (χ1v) is 8.99. The maximum atomic E-state index is 12.2. The molecule has 25 heavy (non-hydrogen) atoms. The standard InChI is InChI=1S/C18H17ClN2O3S/c1-5-23-18(22)15-10(3)14-16(20-11(4)21-17(14)25-15)24-13-7-6-12(19)8-9(13)2/h6-8H,5H2,1-4H3. The van der Waals surface area contributed by atoms with Crippen LogP contribution in [0.3, 0.4) is 0 Å². The molecule has 0 bridgehead atoms. The Morgan fingerprint density at radius 2 is 2.00 bits per heavy atom. The summed E-state index contributed by atoms with van der Waals surface area (Å²) in [5, 5.41) is 1.37. The summed E-state index contributed by atoms with van der Waals surface area (Å²) in [5.41, 5.74) is 1.66. The first kappa shape index (κ1) is 17.6. The van der Waals surface area contributed by atoms with Gasteiger partial charge in [-0.25, -0.2) is 9.78 Å². The molecule has 3 aromatic rings. The average Bonchev–Trinajstić information content (AvgIpc) is 2.87. The zero-order valence-electron chi connectivity index (χ0n) is 14.3. The minimum atomic E-state index is -0.353. The Balaban J connectivity index is 2.12. The fourth-order valence-corrected chi connectivity index (χ4v) is 3.84. The van der Waals surface area contributed by atoms with Crippen LogP contribution in [0.2, 0.25) is 5.02 Å². The van der Waals surface area contributed by atoms with Crippen LogP contribution in [-0.2, 0) is 4.74 Å². The van der Waals surface area contributed by atoms with Crippen molar-refractivity contribution in [3.8, 4) is 11.6 Å². The summed E-state index contributed by atoms with van der Waals surface area (Å²) >= 11 is 7.29. The molecule has 0 amide bonds. The Bertz CT molecular complexity index is 969. The van der Waals surface area contributed by atoms with Gasteiger partial charge in [0.1, 0.15) is 21.3 Å². The Morgan fingerprint density at radius 1 is 1.24 bits per heavy atom. The van der Waals surface area contributed by atoms with Crippen molar-refractivity contribution in [1.29, 1.82) is 0 Å². The van der Waals surface area contributed by atoms with E-state index in [9.17, 15) is 4.79 Å². The van der Waals surface area contributed by atoms with Crippen LogP contribution < -0.4 is 4.74 Å². The maximum absolute atomic E-state index is 12.2. The number of hydrogen-bond acceptors (Lipinski definition) is 6. The van der Waals surface area contributed by atoms with Crippen LogP contribution >= 0.6 is 22.9 Å². The summed E-state index contributed by atoms with van der Waals surface area (Å²) < 4.78 is 11.2. The van der Waals surface area contributed by atoms with Gasteiger partial charge in [-0.15, -0.1) is 11.3 Å². The molecule has 0 spiro atoms. The molecule has 5 nitrogen and oxygen atoms in total. The van der Waals surface area contributed by atoms with Gasteiger partial charge < -0.3 is 9.47 Å². The monoisotopic (exact) mass is 376 g/mol. The number of ether oxygens (including phenoxy) is 2. The minimum absolute atomic E-state index is 0.324. The first-order valence-electron chi connectivity index (χ1n) is 7.79. The molecule has 130 valence electrons. The Hall–Kier alpha value is -2.18. The van der Waals surface area contributed by atoms with E-state index in [0.29, 0.717) is 38.8 Å². The van der Waals surface area contributed by atoms with E-state index in [1.165, 1.54) is 11.3 Å². The van der Waals surface area contributed by atoms with Gasteiger partial charge in [0, 0.05) is 5.02 Å². The number of rotatable bonds is 4. The number of thiophene rings is 1. The third-order valence-corrected chi connectivity index (χ3v) is 5.07. The van der Waals surface area contributed by atoms with E-state index in [1.54, 1.807) is 26.0 Å². The van der Waals surface area contributed by atoms with E-state index < -0.39 is 0 Å². The number of benzene rings is 1. The molecule has 0 aliphatic rings. The van der Waals surface area contributed by atoms with Crippen LogP contribution in [0.25, 0.3) is 10.2 Å². The number of fused-ring (bicyclic) bond motifs is 1. The van der Waals surface area contributed by atoms with Crippen molar-refractivity contribution in [2.75, 3.05) is 6.61 Å². The second kappa shape index (κ2) is 6.98. The molecular weight excluding hydrogens is 360 g/mol. The maximum Gasteiger partial charge on any atom is 0.348 e. The molecule has 0 saturated heterocycles. The van der Waals surface area contributed by atoms with E-state index in [0.717, 1.165) is 16.5 Å². The highest BCUT2D eigenvalue weighted by Crippen LogP contribution is 2.38. The fourth-order valence-electron chi connectivity index (χ4n) is 2.50. The lowest BCUT2D eigenvalue weighted by molar-refractivity contribution is 0.0531. The number of esters is 1. The highest BCUT2D eigenvalue weighted by Gasteiger charge is 2.22. The van der Waals surface area contributed by atoms with Crippen molar-refractivity contribution in [1.82, 2.24) is 9.97 Å². The van der Waals surface area contributed by atoms with Crippen molar-refractivity contribution in [3.05, 3.63) is 45.1 Å². The van der Waals surface area contributed by atoms with E-state index >= 15 is 0 Å². The smallest absolute Gasteiger partial charge is 0.348 e. The molecule has 0 N–H and O–H groups in total. The Morgan fingerprint density at radius 3 is 2.68 bits per heavy atom. The molecule has 1 aromatic carbocycles. The lowest BCUT2D eigenvalue weighted by Gasteiger charge is -2.10. The Labute approximate surface area is 154 Å². The average molecular weight is 377 g/mol. The number of carbonyl (C=O) groups is 1. The summed E-state index contributed by atoms with van der Waals surface area (Å²) in [6.07, 6.45) is 0. The number of aryl methyl sites for hydroxylation is 3. The van der Waals surface area contributed by atoms with Crippen LogP contribution in [-0.4, -0.2) is 22.5 Å². The fraction of sp³-hybridized carbons (Fsp3) is 0.278. The van der Waals surface area contributed by atoms with Gasteiger partial charge in [-0.3, -0.25) is 0 Å². The number of carbonyl (C=O) groups excluding carboxylic acids is 1. The molecule has 0 unspecified atom stereocenters. The molecular formula is C18H17ClN2O3S. The van der Waals surface area contributed by atoms with Gasteiger partial charge in [0.05, 0.1) is 12.0 Å². The van der Waals surface area contributed by atoms with Crippen LogP contribution in [0.1, 0.15) is 33.5 Å². The van der Waals surface area contributed by atoms with E-state index in [-0.39, 0.29) is 5.97 Å². The highest BCUT2D eigenvalue weighted by atomic mass is 35.5. The highest BCUT2D eigenvalue weighted by molar-refractivity contribution is 7.20. The quantitative estimate of drug-likeness (QED) is 0.583. The molecule has 0 aliphatic heterocycles. The van der Waals surface area contributed by atoms with Crippen LogP contribution in [0, 0.1) is 20.8 Å². The molecule has 2 heterocycles. The van der Waals surface area contributed by atoms with Gasteiger partial charge in [0.15, 0.2) is 0 Å². The minimum Gasteiger partial charge on any atom is -0.462 e. The van der Waals surface area contributed by atoms with Crippen LogP contribution in [0.5, 0.6) is 11.6 Å². The predicted molar refractivity (Wildman–Crippen MR) is 99.1 cm³/mol. The third kappa shape index (κ3) is 3.45. The van der Waals surface area contributed by atoms with Gasteiger partial charge in [0.2, 0.25) is 5.88 Å². The topological polar surface area (TPSA) is 61.3 Å². The molecule has 0 fully saturated rings. The normalized spacial score (nSPS) is 10.9. The lowest BCUT2D eigenvalue weighted by Crippen LogP contribution is -2.03. The van der Waals surface area contributed by atoms with Crippen molar-refractivity contribution < 1.29 is 14.3 Å². The summed E-state index contributed by atoms with van der Waals surface area (Å²) in [7, 11) is 0. The summed E-state index contributed by atoms with van der Waals surface area (Å²) in [5.74, 6) is 1.31. The molecule has 0 radical (unpaired) electrons. The second-order valence-electron chi connectivity index (χ2n) is 5.54. The van der Waals surface area contributed by atoms with E-state index in [1.807, 2.05) is 19.9 Å². The number of aromatic nitrogens is 2. The predicted octanol–water partition coefficient (Wildman–Crippen LogP) is 5.24. The molecule has 7 heteroatoms. The van der Waals surface area contributed by atoms with Crippen LogP contribution in [0.15, 0.2) is 18.2 Å². The van der Waals surface area contributed by atoms with Gasteiger partial charge in [-0.2, -0.15) is 4.98 Å². The summed E-state index contributed by atoms with van der Waals surface area (Å²) in [6.45, 7) is 7.66. The van der Waals surface area contributed by atoms with Gasteiger partial charge in [-0.05, 0) is 57.0 Å². The lowest BCUT2D eigenvalue weighted by atomic mass is 10.2. The zero-order chi connectivity index (χ0) is 18.1. The third-order valence-electron chi connectivity index (χ3n) is 3.67. The summed E-state index contributed by atoms with van der Waals surface area (Å²) in [4.78, 5) is 22.3. The molecule has 0 atom stereocenters. The van der Waals surface area contributed by atoms with Gasteiger partial charge in [0.25, 0.3) is 0 Å². The zero-order valence-corrected chi connectivity index (χ0v) is 15.9. The molecule has 0 aliphatic carbocycles. The summed E-state index contributed by atoms with van der Waals surface area (Å²) in [6, 6.07) is 5.39. The Kier molecular flexibility index (Phi) is 4.92. The second-order valence-corrected chi connectivity index (χ2v) is 6.98. The van der Waals surface area contributed by atoms with E-state index in [4.69, 9.17) is 21.1 Å². The SMILES string of the molecule is CCOC(=O)c1sc2nc(C)nc(Oc3ccc(Cl)cc3C)c2c1C. The molecule has 2 aromatic heterocycles. The van der Waals surface area contributed by atoms with E-state index in [2.05, 4.69) is 9.97 Å². The number of hydrogen-bond donors (Lipinski definition) is 0. The van der Waals surface area contributed by atoms with Crippen molar-refractivity contribution in [3.63, 3.8) is 0 Å². The van der Waals surface area contributed by atoms with Gasteiger partial charge >= 0.3 is 5.97 Å². The van der Waals surface area contributed by atoms with Crippen molar-refractivity contribution >= 4 is 39.1 Å². The van der Waals surface area contributed by atoms with Gasteiger partial charge in [-0.1, -0.05) is 11.6 Å². The number of nitrogens with zero attached hydrogens (tertiary/aromatic N) is 2. The van der Waals surface area contributed by atoms with Crippen molar-refractivity contribution in [2.45, 2.75) is 27.7 Å².